The average molecular weight is 587 g/mol. The van der Waals surface area contributed by atoms with Gasteiger partial charge < -0.3 is 53.2 Å². The minimum absolute atomic E-state index is 0.0222. The molecule has 13 N–H and O–H groups in total. The Bertz CT molecular complexity index is 1020. The molecule has 0 aromatic carbocycles. The van der Waals surface area contributed by atoms with Gasteiger partial charge in [0.2, 0.25) is 23.6 Å². The van der Waals surface area contributed by atoms with Crippen molar-refractivity contribution < 1.29 is 34.2 Å². The molecule has 6 atom stereocenters. The van der Waals surface area contributed by atoms with Crippen molar-refractivity contribution in [3.05, 3.63) is 18.2 Å². The predicted octanol–water partition coefficient (Wildman–Crippen LogP) is -4.10. The number of carboxylic acids is 1. The van der Waals surface area contributed by atoms with E-state index in [2.05, 4.69) is 49.2 Å². The number of hydrogen-bond acceptors (Lipinski definition) is 10. The molecule has 1 rings (SSSR count). The first-order valence-electron chi connectivity index (χ1n) is 12.3. The number of carbonyl (C=O) groups excluding carboxylic acids is 4. The first-order valence-corrected chi connectivity index (χ1v) is 12.9. The van der Waals surface area contributed by atoms with E-state index in [1.807, 2.05) is 0 Å². The fourth-order valence-electron chi connectivity index (χ4n) is 3.30. The summed E-state index contributed by atoms with van der Waals surface area (Å²) < 4.78 is 0. The molecule has 0 aliphatic rings. The molecule has 0 saturated carbocycles. The van der Waals surface area contributed by atoms with Crippen LogP contribution in [0.25, 0.3) is 0 Å². The zero-order valence-electron chi connectivity index (χ0n) is 22.1. The van der Waals surface area contributed by atoms with Gasteiger partial charge in [0.05, 0.1) is 24.2 Å². The summed E-state index contributed by atoms with van der Waals surface area (Å²) in [6.07, 6.45) is 1.77. The van der Waals surface area contributed by atoms with E-state index in [0.29, 0.717) is 5.69 Å². The fraction of sp³-hybridized carbons (Fsp3) is 0.591. The topological polar surface area (TPSA) is 291 Å². The number of amides is 4. The molecule has 0 spiro atoms. The van der Waals surface area contributed by atoms with E-state index in [0.717, 1.165) is 0 Å². The highest BCUT2D eigenvalue weighted by atomic mass is 32.1. The lowest BCUT2D eigenvalue weighted by atomic mass is 10.1. The molecule has 1 heterocycles. The molecular formula is C22H38N10O7S. The number of guanidine groups is 1. The summed E-state index contributed by atoms with van der Waals surface area (Å²) in [5, 5.41) is 38.3. The van der Waals surface area contributed by atoms with Crippen molar-refractivity contribution in [1.82, 2.24) is 36.6 Å². The van der Waals surface area contributed by atoms with Crippen LogP contribution in [0.15, 0.2) is 12.5 Å². The van der Waals surface area contributed by atoms with Crippen LogP contribution in [0.2, 0.25) is 0 Å². The number of aromatic nitrogens is 2. The Balaban J connectivity index is 3.09. The molecule has 0 bridgehead atoms. The van der Waals surface area contributed by atoms with Crippen LogP contribution in [0.5, 0.6) is 0 Å². The van der Waals surface area contributed by atoms with Crippen molar-refractivity contribution in [1.29, 1.82) is 5.41 Å². The minimum atomic E-state index is -1.63. The Morgan fingerprint density at radius 1 is 1.02 bits per heavy atom. The average Bonchev–Trinajstić information content (AvgIpc) is 3.39. The Morgan fingerprint density at radius 3 is 2.10 bits per heavy atom. The monoisotopic (exact) mass is 586 g/mol. The summed E-state index contributed by atoms with van der Waals surface area (Å²) in [6, 6.07) is -6.24. The molecule has 1 aromatic rings. The van der Waals surface area contributed by atoms with Crippen LogP contribution in [0.3, 0.4) is 0 Å². The normalized spacial score (nSPS) is 15.3. The van der Waals surface area contributed by atoms with Gasteiger partial charge >= 0.3 is 5.97 Å². The number of nitrogens with zero attached hydrogens (tertiary/aromatic N) is 1. The van der Waals surface area contributed by atoms with E-state index in [1.165, 1.54) is 26.4 Å². The third-order valence-electron chi connectivity index (χ3n) is 5.49. The molecule has 0 fully saturated rings. The van der Waals surface area contributed by atoms with Gasteiger partial charge in [-0.3, -0.25) is 24.6 Å². The lowest BCUT2D eigenvalue weighted by Gasteiger charge is -2.26. The molecule has 224 valence electrons. The predicted molar refractivity (Wildman–Crippen MR) is 146 cm³/mol. The van der Waals surface area contributed by atoms with Crippen molar-refractivity contribution in [3.63, 3.8) is 0 Å². The first-order chi connectivity index (χ1) is 18.8. The van der Waals surface area contributed by atoms with Crippen LogP contribution in [-0.2, 0) is 30.4 Å². The molecule has 40 heavy (non-hydrogen) atoms. The van der Waals surface area contributed by atoms with E-state index in [1.54, 1.807) is 0 Å². The number of aliphatic hydroxyl groups is 1. The van der Waals surface area contributed by atoms with Gasteiger partial charge in [-0.15, -0.1) is 0 Å². The molecule has 0 aliphatic heterocycles. The lowest BCUT2D eigenvalue weighted by molar-refractivity contribution is -0.145. The maximum Gasteiger partial charge on any atom is 0.328 e. The number of imidazole rings is 1. The molecular weight excluding hydrogens is 548 g/mol. The second-order valence-electron chi connectivity index (χ2n) is 8.97. The lowest BCUT2D eigenvalue weighted by Crippen LogP contribution is -2.59. The maximum absolute atomic E-state index is 13.2. The summed E-state index contributed by atoms with van der Waals surface area (Å²) in [5.41, 5.74) is 11.4. The number of carbonyl (C=O) groups is 5. The standard InChI is InChI=1S/C22H38N10O7S/c1-10(23)17(34)30-14(6-12-7-26-9-28-12)19(36)29-13(4-3-5-27-22(24)25)18(35)31-15(8-40)20(37)32-16(11(2)33)21(38)39/h7,9-11,13-16,33,40H,3-6,8,23H2,1-2H3,(H,26,28)(H,29,36)(H,30,34)(H,31,35)(H,32,37)(H,38,39)(H4,24,25,27)/t10-,11+,13-,14-,15-,16-/m0/s1. The van der Waals surface area contributed by atoms with Crippen LogP contribution in [0, 0.1) is 5.41 Å². The van der Waals surface area contributed by atoms with Gasteiger partial charge in [-0.2, -0.15) is 12.6 Å². The second kappa shape index (κ2) is 16.9. The van der Waals surface area contributed by atoms with Gasteiger partial charge in [0.1, 0.15) is 18.1 Å². The Morgan fingerprint density at radius 2 is 1.60 bits per heavy atom. The molecule has 0 saturated heterocycles. The third-order valence-corrected chi connectivity index (χ3v) is 5.86. The SMILES string of the molecule is C[C@H](N)C(=O)N[C@@H](Cc1c[nH]cn1)C(=O)N[C@@H](CCCNC(=N)N)C(=O)N[C@@H](CS)C(=O)N[C@H](C(=O)O)[C@@H](C)O. The van der Waals surface area contributed by atoms with Crippen molar-refractivity contribution in [2.75, 3.05) is 12.3 Å². The number of hydrogen-bond donors (Lipinski definition) is 12. The van der Waals surface area contributed by atoms with Crippen LogP contribution >= 0.6 is 12.6 Å². The van der Waals surface area contributed by atoms with Crippen molar-refractivity contribution in [3.8, 4) is 0 Å². The number of aliphatic hydroxyl groups excluding tert-OH is 1. The van der Waals surface area contributed by atoms with E-state index in [-0.39, 0.29) is 37.5 Å². The Hall–Kier alpha value is -3.90. The highest BCUT2D eigenvalue weighted by molar-refractivity contribution is 7.80. The van der Waals surface area contributed by atoms with Crippen molar-refractivity contribution in [2.45, 2.75) is 69.4 Å². The highest BCUT2D eigenvalue weighted by Gasteiger charge is 2.32. The first kappa shape index (κ1) is 34.1. The minimum Gasteiger partial charge on any atom is -0.480 e. The summed E-state index contributed by atoms with van der Waals surface area (Å²) in [6.45, 7) is 2.81. The number of H-pyrrole nitrogens is 1. The zero-order chi connectivity index (χ0) is 30.4. The smallest absolute Gasteiger partial charge is 0.328 e. The second-order valence-corrected chi connectivity index (χ2v) is 9.33. The van der Waals surface area contributed by atoms with Crippen LogP contribution in [0.4, 0.5) is 0 Å². The number of rotatable bonds is 17. The molecule has 4 amide bonds. The van der Waals surface area contributed by atoms with E-state index in [9.17, 15) is 34.2 Å². The van der Waals surface area contributed by atoms with Gasteiger partial charge in [-0.1, -0.05) is 0 Å². The third kappa shape index (κ3) is 11.9. The van der Waals surface area contributed by atoms with Gasteiger partial charge in [0.15, 0.2) is 12.0 Å². The van der Waals surface area contributed by atoms with Crippen molar-refractivity contribution in [2.24, 2.45) is 11.5 Å². The van der Waals surface area contributed by atoms with Crippen LogP contribution in [0.1, 0.15) is 32.4 Å². The quantitative estimate of drug-likeness (QED) is 0.0360. The van der Waals surface area contributed by atoms with Gasteiger partial charge in [-0.25, -0.2) is 9.78 Å². The number of aromatic amines is 1. The summed E-state index contributed by atoms with van der Waals surface area (Å²) in [4.78, 5) is 69.4. The number of thiol groups is 1. The van der Waals surface area contributed by atoms with E-state index < -0.39 is 65.9 Å². The fourth-order valence-corrected chi connectivity index (χ4v) is 3.56. The molecule has 1 aromatic heterocycles. The summed E-state index contributed by atoms with van der Waals surface area (Å²) in [5.74, 6) is -5.06. The van der Waals surface area contributed by atoms with Gasteiger partial charge in [0, 0.05) is 24.9 Å². The molecule has 17 nitrogen and oxygen atoms in total. The zero-order valence-corrected chi connectivity index (χ0v) is 23.0. The van der Waals surface area contributed by atoms with E-state index >= 15 is 0 Å². The number of nitrogens with two attached hydrogens (primary N) is 2. The molecule has 18 heteroatoms. The molecule has 0 aliphatic carbocycles. The molecule has 0 radical (unpaired) electrons. The van der Waals surface area contributed by atoms with Crippen LogP contribution in [-0.4, -0.2) is 104 Å². The van der Waals surface area contributed by atoms with Gasteiger partial charge in [0.25, 0.3) is 0 Å². The largest absolute Gasteiger partial charge is 0.480 e. The maximum atomic E-state index is 13.2. The summed E-state index contributed by atoms with van der Waals surface area (Å²) >= 11 is 4.05. The molecule has 0 unspecified atom stereocenters. The van der Waals surface area contributed by atoms with Crippen LogP contribution < -0.4 is 38.1 Å². The summed E-state index contributed by atoms with van der Waals surface area (Å²) in [7, 11) is 0. The Labute approximate surface area is 235 Å². The van der Waals surface area contributed by atoms with E-state index in [4.69, 9.17) is 16.9 Å². The highest BCUT2D eigenvalue weighted by Crippen LogP contribution is 2.05. The number of carboxylic acid groups (broad SMARTS) is 1. The number of aliphatic carboxylic acids is 1. The number of nitrogens with one attached hydrogen (secondary N) is 7. The van der Waals surface area contributed by atoms with Gasteiger partial charge in [-0.05, 0) is 26.7 Å². The Kier molecular flexibility index (Phi) is 14.4. The van der Waals surface area contributed by atoms with Crippen molar-refractivity contribution >= 4 is 48.2 Å².